The molecule has 32 heavy (non-hydrogen) atoms. The highest BCUT2D eigenvalue weighted by atomic mass is 16.5. The van der Waals surface area contributed by atoms with Crippen LogP contribution in [0.4, 0.5) is 4.79 Å². The Morgan fingerprint density at radius 1 is 1.12 bits per heavy atom. The number of nitrogens with zero attached hydrogens (tertiary/aromatic N) is 2. The third-order valence-corrected chi connectivity index (χ3v) is 6.63. The molecule has 2 saturated heterocycles. The van der Waals surface area contributed by atoms with E-state index in [0.29, 0.717) is 23.9 Å². The molecule has 4 rings (SSSR count). The number of hydrogen-bond donors (Lipinski definition) is 2. The Balaban J connectivity index is 1.61. The number of likely N-dealkylation sites (tertiary alicyclic amines) is 2. The third-order valence-electron chi connectivity index (χ3n) is 6.63. The van der Waals surface area contributed by atoms with Gasteiger partial charge < -0.3 is 25.0 Å². The summed E-state index contributed by atoms with van der Waals surface area (Å²) in [5.74, 6) is 0.323. The molecule has 2 atom stereocenters. The molecular weight excluding hydrogens is 408 g/mol. The zero-order chi connectivity index (χ0) is 22.5. The van der Waals surface area contributed by atoms with Crippen molar-refractivity contribution >= 4 is 12.0 Å². The van der Waals surface area contributed by atoms with Crippen molar-refractivity contribution in [3.05, 3.63) is 41.1 Å². The fourth-order valence-corrected chi connectivity index (χ4v) is 5.02. The molecule has 0 saturated carbocycles. The van der Waals surface area contributed by atoms with Gasteiger partial charge in [-0.2, -0.15) is 0 Å². The predicted molar refractivity (Wildman–Crippen MR) is 121 cm³/mol. The molecule has 3 aliphatic rings. The Labute approximate surface area is 189 Å². The van der Waals surface area contributed by atoms with E-state index in [1.807, 2.05) is 24.3 Å². The maximum absolute atomic E-state index is 13.0. The first kappa shape index (κ1) is 22.6. The molecule has 0 bridgehead atoms. The van der Waals surface area contributed by atoms with Crippen LogP contribution in [0.5, 0.6) is 5.75 Å². The Bertz CT molecular complexity index is 848. The molecule has 0 aliphatic carbocycles. The average molecular weight is 443 g/mol. The number of esters is 1. The Kier molecular flexibility index (Phi) is 7.32. The number of benzene rings is 1. The summed E-state index contributed by atoms with van der Waals surface area (Å²) < 4.78 is 10.7. The van der Waals surface area contributed by atoms with E-state index in [-0.39, 0.29) is 12.6 Å². The van der Waals surface area contributed by atoms with Crippen molar-refractivity contribution in [3.8, 4) is 5.75 Å². The lowest BCUT2D eigenvalue weighted by molar-refractivity contribution is -0.139. The molecule has 0 radical (unpaired) electrons. The van der Waals surface area contributed by atoms with Crippen molar-refractivity contribution < 1.29 is 19.1 Å². The number of carbonyl (C=O) groups is 2. The van der Waals surface area contributed by atoms with Gasteiger partial charge in [0, 0.05) is 24.8 Å². The van der Waals surface area contributed by atoms with Crippen LogP contribution >= 0.6 is 0 Å². The van der Waals surface area contributed by atoms with Gasteiger partial charge >= 0.3 is 12.0 Å². The van der Waals surface area contributed by atoms with E-state index in [4.69, 9.17) is 9.47 Å². The smallest absolute Gasteiger partial charge is 0.338 e. The number of carbonyl (C=O) groups excluding carboxylic acids is 2. The van der Waals surface area contributed by atoms with Gasteiger partial charge in [-0.3, -0.25) is 4.90 Å². The van der Waals surface area contributed by atoms with Crippen molar-refractivity contribution in [2.45, 2.75) is 44.7 Å². The lowest BCUT2D eigenvalue weighted by Gasteiger charge is -2.33. The highest BCUT2D eigenvalue weighted by molar-refractivity contribution is 5.95. The second-order valence-corrected chi connectivity index (χ2v) is 8.69. The molecule has 2 amide bonds. The van der Waals surface area contributed by atoms with E-state index in [9.17, 15) is 9.59 Å². The molecule has 3 heterocycles. The van der Waals surface area contributed by atoms with Crippen molar-refractivity contribution in [3.63, 3.8) is 0 Å². The fourth-order valence-electron chi connectivity index (χ4n) is 5.02. The summed E-state index contributed by atoms with van der Waals surface area (Å²) in [4.78, 5) is 30.6. The number of rotatable bonds is 8. The van der Waals surface area contributed by atoms with Crippen LogP contribution in [0.15, 0.2) is 35.5 Å². The summed E-state index contributed by atoms with van der Waals surface area (Å²) in [5, 5.41) is 5.83. The van der Waals surface area contributed by atoms with Crippen LogP contribution in [-0.2, 0) is 9.53 Å². The second-order valence-electron chi connectivity index (χ2n) is 8.69. The van der Waals surface area contributed by atoms with Gasteiger partial charge in [0.1, 0.15) is 5.75 Å². The molecule has 1 aromatic rings. The maximum atomic E-state index is 13.0. The molecule has 0 aromatic heterocycles. The fraction of sp³-hybridized carbons (Fsp3) is 0.583. The first-order valence-corrected chi connectivity index (χ1v) is 11.7. The summed E-state index contributed by atoms with van der Waals surface area (Å²) in [6.45, 7) is 6.96. The Morgan fingerprint density at radius 3 is 2.56 bits per heavy atom. The van der Waals surface area contributed by atoms with E-state index in [1.54, 1.807) is 14.0 Å². The lowest BCUT2D eigenvalue weighted by Crippen LogP contribution is -2.49. The number of methoxy groups -OCH3 is 1. The van der Waals surface area contributed by atoms with E-state index < -0.39 is 12.0 Å². The topological polar surface area (TPSA) is 83.1 Å². The van der Waals surface area contributed by atoms with Gasteiger partial charge in [-0.1, -0.05) is 12.1 Å². The van der Waals surface area contributed by atoms with Gasteiger partial charge in [0.25, 0.3) is 0 Å². The summed E-state index contributed by atoms with van der Waals surface area (Å²) in [5.41, 5.74) is 1.93. The van der Waals surface area contributed by atoms with Gasteiger partial charge in [-0.15, -0.1) is 0 Å². The van der Waals surface area contributed by atoms with Crippen molar-refractivity contribution in [2.24, 2.45) is 0 Å². The minimum atomic E-state index is -0.566. The minimum absolute atomic E-state index is 0.278. The maximum Gasteiger partial charge on any atom is 0.338 e. The Morgan fingerprint density at radius 2 is 1.88 bits per heavy atom. The van der Waals surface area contributed by atoms with Crippen molar-refractivity contribution in [1.82, 2.24) is 20.4 Å². The number of urea groups is 1. The van der Waals surface area contributed by atoms with Crippen LogP contribution in [0, 0.1) is 0 Å². The van der Waals surface area contributed by atoms with E-state index >= 15 is 0 Å². The largest absolute Gasteiger partial charge is 0.497 e. The quantitative estimate of drug-likeness (QED) is 0.602. The highest BCUT2D eigenvalue weighted by Crippen LogP contribution is 2.30. The highest BCUT2D eigenvalue weighted by Gasteiger charge is 2.36. The molecule has 3 aliphatic heterocycles. The average Bonchev–Trinajstić information content (AvgIpc) is 3.46. The van der Waals surface area contributed by atoms with Crippen LogP contribution < -0.4 is 15.4 Å². The first-order valence-electron chi connectivity index (χ1n) is 11.7. The van der Waals surface area contributed by atoms with Gasteiger partial charge in [-0.25, -0.2) is 9.59 Å². The Hall–Kier alpha value is -2.58. The van der Waals surface area contributed by atoms with E-state index in [1.165, 1.54) is 25.9 Å². The molecule has 0 spiro atoms. The predicted octanol–water partition coefficient (Wildman–Crippen LogP) is 2.43. The summed E-state index contributed by atoms with van der Waals surface area (Å²) in [6.07, 6.45) is 4.83. The molecule has 1 aromatic carbocycles. The molecule has 8 heteroatoms. The van der Waals surface area contributed by atoms with Crippen LogP contribution in [-0.4, -0.2) is 74.3 Å². The summed E-state index contributed by atoms with van der Waals surface area (Å²) in [7, 11) is 1.61. The third kappa shape index (κ3) is 5.07. The van der Waals surface area contributed by atoms with Gasteiger partial charge in [0.15, 0.2) is 0 Å². The SMILES string of the molecule is CCOC(=O)C1=C(CN2CCCC2CN2CCCC2)NC(=O)NC1c1ccc(OC)cc1. The second kappa shape index (κ2) is 10.4. The van der Waals surface area contributed by atoms with Crippen LogP contribution in [0.3, 0.4) is 0 Å². The minimum Gasteiger partial charge on any atom is -0.497 e. The zero-order valence-corrected chi connectivity index (χ0v) is 19.1. The van der Waals surface area contributed by atoms with E-state index in [2.05, 4.69) is 20.4 Å². The number of ether oxygens (including phenoxy) is 2. The van der Waals surface area contributed by atoms with Gasteiger partial charge in [-0.05, 0) is 69.9 Å². The van der Waals surface area contributed by atoms with Crippen LogP contribution in [0.25, 0.3) is 0 Å². The normalized spacial score (nSPS) is 24.4. The molecule has 2 unspecified atom stereocenters. The molecule has 2 N–H and O–H groups in total. The lowest BCUT2D eigenvalue weighted by atomic mass is 9.94. The van der Waals surface area contributed by atoms with Gasteiger partial charge in [0.2, 0.25) is 0 Å². The summed E-state index contributed by atoms with van der Waals surface area (Å²) >= 11 is 0. The van der Waals surface area contributed by atoms with E-state index in [0.717, 1.165) is 37.2 Å². The number of hydrogen-bond acceptors (Lipinski definition) is 6. The van der Waals surface area contributed by atoms with Crippen molar-refractivity contribution in [1.29, 1.82) is 0 Å². The number of amides is 2. The first-order chi connectivity index (χ1) is 15.6. The standard InChI is InChI=1S/C24H34N4O4/c1-3-32-23(29)21-20(16-28-14-6-7-18(28)15-27-12-4-5-13-27)25-24(30)26-22(21)17-8-10-19(31-2)11-9-17/h8-11,18,22H,3-7,12-16H2,1-2H3,(H2,25,26,30). The summed E-state index contributed by atoms with van der Waals surface area (Å²) in [6, 6.07) is 6.98. The molecule has 174 valence electrons. The number of nitrogens with one attached hydrogen (secondary N) is 2. The zero-order valence-electron chi connectivity index (χ0n) is 19.1. The van der Waals surface area contributed by atoms with Gasteiger partial charge in [0.05, 0.1) is 25.3 Å². The molecule has 2 fully saturated rings. The van der Waals surface area contributed by atoms with Crippen molar-refractivity contribution in [2.75, 3.05) is 46.4 Å². The van der Waals surface area contributed by atoms with Crippen LogP contribution in [0.2, 0.25) is 0 Å². The molecule has 8 nitrogen and oxygen atoms in total. The van der Waals surface area contributed by atoms with Crippen LogP contribution in [0.1, 0.15) is 44.2 Å². The molecular formula is C24H34N4O4. The monoisotopic (exact) mass is 442 g/mol.